The van der Waals surface area contributed by atoms with Gasteiger partial charge in [-0.25, -0.2) is 9.00 Å². The van der Waals surface area contributed by atoms with Gasteiger partial charge in [0.15, 0.2) is 11.1 Å². The molecule has 0 aromatic carbocycles. The maximum absolute atomic E-state index is 11.4. The first-order valence-corrected chi connectivity index (χ1v) is 7.43. The molecule has 0 saturated carbocycles. The molecule has 1 saturated heterocycles. The van der Waals surface area contributed by atoms with Crippen molar-refractivity contribution in [3.8, 4) is 0 Å². The van der Waals surface area contributed by atoms with Crippen molar-refractivity contribution in [2.45, 2.75) is 38.7 Å². The average molecular weight is 278 g/mol. The molecule has 1 unspecified atom stereocenters. The maximum atomic E-state index is 11.4. The Morgan fingerprint density at radius 2 is 2.00 bits per heavy atom. The zero-order valence-electron chi connectivity index (χ0n) is 11.0. The second-order valence-corrected chi connectivity index (χ2v) is 6.06. The maximum Gasteiger partial charge on any atom is 0.408 e. The second kappa shape index (κ2) is 7.06. The van der Waals surface area contributed by atoms with E-state index < -0.39 is 22.8 Å². The van der Waals surface area contributed by atoms with Crippen LogP contribution in [0.2, 0.25) is 0 Å². The van der Waals surface area contributed by atoms with Crippen LogP contribution in [0.15, 0.2) is 0 Å². The van der Waals surface area contributed by atoms with E-state index in [0.29, 0.717) is 6.54 Å². The number of likely N-dealkylation sites (tertiary alicyclic amines) is 1. The van der Waals surface area contributed by atoms with E-state index in [1.54, 1.807) is 0 Å². The van der Waals surface area contributed by atoms with Gasteiger partial charge < -0.3 is 14.6 Å². The van der Waals surface area contributed by atoms with Crippen LogP contribution in [0.5, 0.6) is 0 Å². The largest absolute Gasteiger partial charge is 0.442 e. The summed E-state index contributed by atoms with van der Waals surface area (Å²) in [7, 11) is 0. The first-order valence-electron chi connectivity index (χ1n) is 6.16. The van der Waals surface area contributed by atoms with Gasteiger partial charge in [-0.15, -0.1) is 0 Å². The third kappa shape index (κ3) is 6.32. The molecule has 0 radical (unpaired) electrons. The van der Waals surface area contributed by atoms with Crippen molar-refractivity contribution in [2.75, 3.05) is 25.5 Å². The Morgan fingerprint density at radius 3 is 2.56 bits per heavy atom. The van der Waals surface area contributed by atoms with E-state index in [1.807, 2.05) is 13.8 Å². The minimum Gasteiger partial charge on any atom is -0.442 e. The predicted molar refractivity (Wildman–Crippen MR) is 69.6 cm³/mol. The Morgan fingerprint density at radius 1 is 1.39 bits per heavy atom. The van der Waals surface area contributed by atoms with E-state index in [0.717, 1.165) is 13.1 Å². The smallest absolute Gasteiger partial charge is 0.408 e. The van der Waals surface area contributed by atoms with Crippen molar-refractivity contribution in [1.29, 1.82) is 0 Å². The molecular formula is C11H22N2O4S. The molecule has 0 aliphatic carbocycles. The van der Waals surface area contributed by atoms with Crippen LogP contribution in [0.3, 0.4) is 0 Å². The lowest BCUT2D eigenvalue weighted by Crippen LogP contribution is -2.46. The fourth-order valence-electron chi connectivity index (χ4n) is 2.10. The molecule has 1 heterocycles. The number of amides is 1. The highest BCUT2D eigenvalue weighted by molar-refractivity contribution is 7.79. The van der Waals surface area contributed by atoms with E-state index in [2.05, 4.69) is 10.2 Å². The molecule has 1 aliphatic rings. The van der Waals surface area contributed by atoms with Crippen molar-refractivity contribution >= 4 is 17.2 Å². The number of nitrogens with one attached hydrogen (secondary N) is 1. The lowest BCUT2D eigenvalue weighted by atomic mass is 10.1. The Bertz CT molecular complexity index is 303. The topological polar surface area (TPSA) is 78.9 Å². The molecule has 106 valence electrons. The number of hydrogen-bond donors (Lipinski definition) is 2. The summed E-state index contributed by atoms with van der Waals surface area (Å²) < 4.78 is 24.2. The highest BCUT2D eigenvalue weighted by Crippen LogP contribution is 2.16. The number of alkyl carbamates (subject to hydrolysis) is 1. The molecule has 0 bridgehead atoms. The van der Waals surface area contributed by atoms with Crippen LogP contribution in [-0.4, -0.2) is 50.9 Å². The molecular weight excluding hydrogens is 256 g/mol. The third-order valence-corrected chi connectivity index (χ3v) is 3.15. The molecule has 18 heavy (non-hydrogen) atoms. The van der Waals surface area contributed by atoms with E-state index in [4.69, 9.17) is 9.29 Å². The van der Waals surface area contributed by atoms with Gasteiger partial charge in [0.2, 0.25) is 0 Å². The number of hydrogen-bond acceptors (Lipinski definition) is 4. The van der Waals surface area contributed by atoms with Gasteiger partial charge in [-0.3, -0.25) is 4.90 Å². The Balaban J connectivity index is 2.33. The summed E-state index contributed by atoms with van der Waals surface area (Å²) in [6, 6.07) is 0. The molecule has 1 aliphatic heterocycles. The quantitative estimate of drug-likeness (QED) is 0.738. The summed E-state index contributed by atoms with van der Waals surface area (Å²) in [5, 5.41) is 2.25. The van der Waals surface area contributed by atoms with Gasteiger partial charge in [0, 0.05) is 6.54 Å². The molecule has 0 aromatic rings. The summed E-state index contributed by atoms with van der Waals surface area (Å²) in [6.45, 7) is 6.45. The zero-order valence-corrected chi connectivity index (χ0v) is 11.8. The number of carbonyl (C=O) groups is 1. The Hall–Kier alpha value is -0.660. The minimum atomic E-state index is -2.04. The van der Waals surface area contributed by atoms with Crippen LogP contribution in [0, 0.1) is 0 Å². The van der Waals surface area contributed by atoms with E-state index in [9.17, 15) is 9.00 Å². The van der Waals surface area contributed by atoms with Crippen molar-refractivity contribution in [3.05, 3.63) is 0 Å². The van der Waals surface area contributed by atoms with Crippen LogP contribution >= 0.6 is 0 Å². The van der Waals surface area contributed by atoms with Crippen molar-refractivity contribution < 1.29 is 18.3 Å². The number of nitrogens with zero attached hydrogens (tertiary/aromatic N) is 1. The van der Waals surface area contributed by atoms with E-state index in [-0.39, 0.29) is 5.88 Å². The lowest BCUT2D eigenvalue weighted by molar-refractivity contribution is 0.00750. The minimum absolute atomic E-state index is 0.307. The molecule has 1 rings (SSSR count). The Labute approximate surface area is 110 Å². The van der Waals surface area contributed by atoms with E-state index >= 15 is 0 Å². The molecule has 6 nitrogen and oxygen atoms in total. The standard InChI is InChI=1S/C11H22N2O4S/c1-11(2,8-13-6-4-3-5-7-13)17-10(14)12-9-18(15)16/h3-9H2,1-2H3,(H,12,14)(H,15,16). The van der Waals surface area contributed by atoms with Crippen molar-refractivity contribution in [1.82, 2.24) is 10.2 Å². The number of piperidine rings is 1. The van der Waals surface area contributed by atoms with Gasteiger partial charge in [-0.05, 0) is 39.8 Å². The van der Waals surface area contributed by atoms with Crippen molar-refractivity contribution in [2.24, 2.45) is 0 Å². The molecule has 1 amide bonds. The van der Waals surface area contributed by atoms with Gasteiger partial charge in [-0.1, -0.05) is 6.42 Å². The first-order chi connectivity index (χ1) is 8.39. The van der Waals surface area contributed by atoms with Crippen LogP contribution in [0.1, 0.15) is 33.1 Å². The Kier molecular flexibility index (Phi) is 6.04. The monoisotopic (exact) mass is 278 g/mol. The predicted octanol–water partition coefficient (Wildman–Crippen LogP) is 1.16. The summed E-state index contributed by atoms with van der Waals surface area (Å²) in [4.78, 5) is 13.7. The van der Waals surface area contributed by atoms with Crippen LogP contribution < -0.4 is 5.32 Å². The lowest BCUT2D eigenvalue weighted by Gasteiger charge is -2.34. The number of ether oxygens (including phenoxy) is 1. The highest BCUT2D eigenvalue weighted by Gasteiger charge is 2.26. The average Bonchev–Trinajstić information content (AvgIpc) is 2.26. The molecule has 0 spiro atoms. The zero-order chi connectivity index (χ0) is 13.6. The molecule has 7 heteroatoms. The second-order valence-electron chi connectivity index (χ2n) is 5.13. The van der Waals surface area contributed by atoms with Gasteiger partial charge in [0.1, 0.15) is 11.5 Å². The normalized spacial score (nSPS) is 19.3. The SMILES string of the molecule is CC(C)(CN1CCCCC1)OC(=O)NCS(=O)O. The third-order valence-electron chi connectivity index (χ3n) is 2.76. The fraction of sp³-hybridized carbons (Fsp3) is 0.909. The molecule has 1 atom stereocenters. The van der Waals surface area contributed by atoms with Gasteiger partial charge >= 0.3 is 6.09 Å². The first kappa shape index (κ1) is 15.4. The molecule has 0 aromatic heterocycles. The summed E-state index contributed by atoms with van der Waals surface area (Å²) in [5.74, 6) is -0.307. The summed E-state index contributed by atoms with van der Waals surface area (Å²) in [5.41, 5.74) is -0.599. The molecule has 1 fully saturated rings. The van der Waals surface area contributed by atoms with Crippen LogP contribution in [-0.2, 0) is 15.8 Å². The van der Waals surface area contributed by atoms with Gasteiger partial charge in [0.25, 0.3) is 0 Å². The van der Waals surface area contributed by atoms with Gasteiger partial charge in [-0.2, -0.15) is 0 Å². The number of rotatable bonds is 5. The van der Waals surface area contributed by atoms with E-state index in [1.165, 1.54) is 19.3 Å². The summed E-state index contributed by atoms with van der Waals surface area (Å²) >= 11 is -2.04. The molecule has 2 N–H and O–H groups in total. The summed E-state index contributed by atoms with van der Waals surface area (Å²) in [6.07, 6.45) is 2.98. The van der Waals surface area contributed by atoms with Gasteiger partial charge in [0.05, 0.1) is 0 Å². The highest BCUT2D eigenvalue weighted by atomic mass is 32.2. The van der Waals surface area contributed by atoms with Crippen LogP contribution in [0.25, 0.3) is 0 Å². The fourth-order valence-corrected chi connectivity index (χ4v) is 2.34. The van der Waals surface area contributed by atoms with Crippen LogP contribution in [0.4, 0.5) is 4.79 Å². The number of carbonyl (C=O) groups excluding carboxylic acids is 1. The van der Waals surface area contributed by atoms with Crippen molar-refractivity contribution in [3.63, 3.8) is 0 Å².